The normalized spacial score (nSPS) is 13.7. The summed E-state index contributed by atoms with van der Waals surface area (Å²) in [4.78, 5) is 0. The van der Waals surface area contributed by atoms with Crippen molar-refractivity contribution in [1.29, 1.82) is 0 Å². The van der Waals surface area contributed by atoms with Crippen LogP contribution in [-0.4, -0.2) is 11.7 Å². The fourth-order valence-electron chi connectivity index (χ4n) is 2.21. The summed E-state index contributed by atoms with van der Waals surface area (Å²) in [6, 6.07) is 16.6. The molecule has 1 unspecified atom stereocenters. The van der Waals surface area contributed by atoms with Gasteiger partial charge in [0.2, 0.25) is 0 Å². The van der Waals surface area contributed by atoms with Crippen molar-refractivity contribution < 1.29 is 18.7 Å². The van der Waals surface area contributed by atoms with Gasteiger partial charge in [0.25, 0.3) is 5.95 Å². The molecule has 3 rings (SSSR count). The third-order valence-electron chi connectivity index (χ3n) is 3.42. The van der Waals surface area contributed by atoms with E-state index in [0.717, 1.165) is 11.5 Å². The van der Waals surface area contributed by atoms with Gasteiger partial charge in [-0.15, -0.1) is 0 Å². The molecule has 0 amide bonds. The van der Waals surface area contributed by atoms with Crippen molar-refractivity contribution in [2.75, 3.05) is 6.54 Å². The van der Waals surface area contributed by atoms with Crippen LogP contribution < -0.4 is 10.1 Å². The number of furan rings is 2. The van der Waals surface area contributed by atoms with E-state index in [2.05, 4.69) is 5.32 Å². The van der Waals surface area contributed by atoms with E-state index < -0.39 is 5.60 Å². The monoisotopic (exact) mass is 313 g/mol. The average Bonchev–Trinajstić information content (AvgIpc) is 3.20. The summed E-state index contributed by atoms with van der Waals surface area (Å²) in [5, 5.41) is 13.5. The summed E-state index contributed by atoms with van der Waals surface area (Å²) in [6.45, 7) is 2.52. The molecule has 0 saturated heterocycles. The first-order valence-corrected chi connectivity index (χ1v) is 7.42. The first-order valence-electron chi connectivity index (χ1n) is 7.42. The van der Waals surface area contributed by atoms with Gasteiger partial charge in [-0.3, -0.25) is 0 Å². The molecule has 120 valence electrons. The maximum Gasteiger partial charge on any atom is 0.290 e. The number of aliphatic hydroxyl groups is 1. The third kappa shape index (κ3) is 4.03. The minimum absolute atomic E-state index is 0.343. The molecule has 0 aliphatic carbocycles. The van der Waals surface area contributed by atoms with E-state index in [4.69, 9.17) is 13.6 Å². The Balaban J connectivity index is 1.52. The Bertz CT molecular complexity index is 717. The molecule has 0 bridgehead atoms. The van der Waals surface area contributed by atoms with Crippen molar-refractivity contribution in [2.45, 2.75) is 19.1 Å². The molecule has 0 fully saturated rings. The lowest BCUT2D eigenvalue weighted by Crippen LogP contribution is -2.34. The maximum absolute atomic E-state index is 10.3. The molecule has 1 atom stereocenters. The van der Waals surface area contributed by atoms with Gasteiger partial charge in [-0.05, 0) is 37.3 Å². The maximum atomic E-state index is 10.3. The zero-order chi connectivity index (χ0) is 16.1. The van der Waals surface area contributed by atoms with Crippen LogP contribution >= 0.6 is 0 Å². The smallest absolute Gasteiger partial charge is 0.290 e. The molecule has 0 aliphatic rings. The number of hydrogen-bond donors (Lipinski definition) is 2. The largest absolute Gasteiger partial charge is 0.466 e. The van der Waals surface area contributed by atoms with Crippen LogP contribution in [0, 0.1) is 0 Å². The summed E-state index contributed by atoms with van der Waals surface area (Å²) in [6.07, 6.45) is 1.55. The molecule has 2 N–H and O–H groups in total. The third-order valence-corrected chi connectivity index (χ3v) is 3.42. The SMILES string of the molecule is CC(O)(CNCc1ccc(Oc2ccccc2)o1)c1ccco1. The number of benzene rings is 1. The molecule has 0 aliphatic heterocycles. The minimum Gasteiger partial charge on any atom is -0.466 e. The quantitative estimate of drug-likeness (QED) is 0.696. The minimum atomic E-state index is -1.07. The molecule has 2 aromatic heterocycles. The molecule has 23 heavy (non-hydrogen) atoms. The van der Waals surface area contributed by atoms with Crippen molar-refractivity contribution in [3.05, 3.63) is 72.4 Å². The number of ether oxygens (including phenoxy) is 1. The lowest BCUT2D eigenvalue weighted by molar-refractivity contribution is 0.0336. The highest BCUT2D eigenvalue weighted by Gasteiger charge is 2.25. The van der Waals surface area contributed by atoms with Crippen LogP contribution in [0.25, 0.3) is 0 Å². The zero-order valence-electron chi connectivity index (χ0n) is 12.9. The van der Waals surface area contributed by atoms with E-state index in [1.807, 2.05) is 36.4 Å². The van der Waals surface area contributed by atoms with E-state index >= 15 is 0 Å². The summed E-state index contributed by atoms with van der Waals surface area (Å²) >= 11 is 0. The molecule has 1 aromatic carbocycles. The Morgan fingerprint density at radius 1 is 1.09 bits per heavy atom. The van der Waals surface area contributed by atoms with Gasteiger partial charge >= 0.3 is 0 Å². The highest BCUT2D eigenvalue weighted by atomic mass is 16.6. The van der Waals surface area contributed by atoms with Crippen molar-refractivity contribution in [1.82, 2.24) is 5.32 Å². The van der Waals surface area contributed by atoms with Gasteiger partial charge in [0.1, 0.15) is 22.9 Å². The number of rotatable bonds is 7. The van der Waals surface area contributed by atoms with Gasteiger partial charge in [0.15, 0.2) is 0 Å². The predicted octanol–water partition coefficient (Wildman–Crippen LogP) is 3.66. The summed E-state index contributed by atoms with van der Waals surface area (Å²) in [7, 11) is 0. The number of hydrogen-bond acceptors (Lipinski definition) is 5. The van der Waals surface area contributed by atoms with E-state index in [9.17, 15) is 5.11 Å². The van der Waals surface area contributed by atoms with Crippen LogP contribution in [0.1, 0.15) is 18.4 Å². The molecule has 2 heterocycles. The summed E-state index contributed by atoms with van der Waals surface area (Å²) in [5.74, 6) is 2.41. The predicted molar refractivity (Wildman–Crippen MR) is 85.2 cm³/mol. The average molecular weight is 313 g/mol. The molecular formula is C18H19NO4. The highest BCUT2D eigenvalue weighted by molar-refractivity contribution is 5.26. The number of para-hydroxylation sites is 1. The Hall–Kier alpha value is -2.50. The zero-order valence-corrected chi connectivity index (χ0v) is 12.9. The second-order valence-electron chi connectivity index (χ2n) is 5.49. The lowest BCUT2D eigenvalue weighted by Gasteiger charge is -2.20. The van der Waals surface area contributed by atoms with Gasteiger partial charge in [0.05, 0.1) is 12.8 Å². The Kier molecular flexibility index (Phi) is 4.50. The van der Waals surface area contributed by atoms with Gasteiger partial charge in [-0.25, -0.2) is 0 Å². The topological polar surface area (TPSA) is 67.8 Å². The Morgan fingerprint density at radius 2 is 1.91 bits per heavy atom. The van der Waals surface area contributed by atoms with Crippen LogP contribution in [-0.2, 0) is 12.1 Å². The first kappa shape index (κ1) is 15.4. The molecule has 0 radical (unpaired) electrons. The molecule has 0 spiro atoms. The van der Waals surface area contributed by atoms with E-state index in [1.54, 1.807) is 31.4 Å². The van der Waals surface area contributed by atoms with E-state index in [-0.39, 0.29) is 0 Å². The second-order valence-corrected chi connectivity index (χ2v) is 5.49. The Labute approximate surface area is 134 Å². The van der Waals surface area contributed by atoms with Crippen LogP contribution in [0.3, 0.4) is 0 Å². The fraction of sp³-hybridized carbons (Fsp3) is 0.222. The van der Waals surface area contributed by atoms with Gasteiger partial charge in [-0.1, -0.05) is 18.2 Å². The van der Waals surface area contributed by atoms with Crippen LogP contribution in [0.2, 0.25) is 0 Å². The highest BCUT2D eigenvalue weighted by Crippen LogP contribution is 2.24. The first-order chi connectivity index (χ1) is 11.1. The van der Waals surface area contributed by atoms with Crippen molar-refractivity contribution >= 4 is 0 Å². The van der Waals surface area contributed by atoms with Crippen molar-refractivity contribution in [3.8, 4) is 11.7 Å². The molecule has 5 nitrogen and oxygen atoms in total. The molecule has 5 heteroatoms. The van der Waals surface area contributed by atoms with Crippen LogP contribution in [0.4, 0.5) is 0 Å². The second kappa shape index (κ2) is 6.73. The molecule has 3 aromatic rings. The van der Waals surface area contributed by atoms with Crippen molar-refractivity contribution in [3.63, 3.8) is 0 Å². The molecular weight excluding hydrogens is 294 g/mol. The van der Waals surface area contributed by atoms with Gasteiger partial charge in [-0.2, -0.15) is 0 Å². The lowest BCUT2D eigenvalue weighted by atomic mass is 10.0. The van der Waals surface area contributed by atoms with E-state index in [0.29, 0.717) is 24.8 Å². The summed E-state index contributed by atoms with van der Waals surface area (Å²) in [5.41, 5.74) is -1.07. The van der Waals surface area contributed by atoms with Crippen LogP contribution in [0.5, 0.6) is 11.7 Å². The van der Waals surface area contributed by atoms with Crippen LogP contribution in [0.15, 0.2) is 69.7 Å². The standard InChI is InChI=1S/C18H19NO4/c1-18(20,16-8-5-11-21-16)13-19-12-15-9-10-17(23-15)22-14-6-3-2-4-7-14/h2-11,19-20H,12-13H2,1H3. The summed E-state index contributed by atoms with van der Waals surface area (Å²) < 4.78 is 16.4. The van der Waals surface area contributed by atoms with Crippen molar-refractivity contribution in [2.24, 2.45) is 0 Å². The Morgan fingerprint density at radius 3 is 2.65 bits per heavy atom. The fourth-order valence-corrected chi connectivity index (χ4v) is 2.21. The van der Waals surface area contributed by atoms with E-state index in [1.165, 1.54) is 0 Å². The van der Waals surface area contributed by atoms with Gasteiger partial charge in [0, 0.05) is 12.6 Å². The van der Waals surface area contributed by atoms with Gasteiger partial charge < -0.3 is 24.0 Å². The molecule has 0 saturated carbocycles. The number of nitrogens with one attached hydrogen (secondary N) is 1.